The highest BCUT2D eigenvalue weighted by atomic mass is 32.1. The van der Waals surface area contributed by atoms with Crippen LogP contribution in [0.4, 0.5) is 0 Å². The Balaban J connectivity index is 1.64. The zero-order valence-corrected chi connectivity index (χ0v) is 17.4. The van der Waals surface area contributed by atoms with Gasteiger partial charge in [-0.25, -0.2) is 9.67 Å². The molecule has 0 aliphatic rings. The zero-order valence-electron chi connectivity index (χ0n) is 16.5. The van der Waals surface area contributed by atoms with E-state index in [1.165, 1.54) is 4.88 Å². The zero-order chi connectivity index (χ0) is 20.4. The van der Waals surface area contributed by atoms with Gasteiger partial charge in [0.15, 0.2) is 5.65 Å². The Hall–Kier alpha value is -3.19. The quantitative estimate of drug-likeness (QED) is 0.517. The highest BCUT2D eigenvalue weighted by Gasteiger charge is 2.19. The summed E-state index contributed by atoms with van der Waals surface area (Å²) in [6, 6.07) is 13.4. The predicted octanol–water partition coefficient (Wildman–Crippen LogP) is 4.35. The molecule has 3 heterocycles. The number of para-hydroxylation sites is 1. The van der Waals surface area contributed by atoms with Crippen molar-refractivity contribution in [2.75, 3.05) is 7.11 Å². The molecule has 0 saturated heterocycles. The fourth-order valence-corrected chi connectivity index (χ4v) is 4.09. The van der Waals surface area contributed by atoms with Crippen molar-refractivity contribution >= 4 is 28.3 Å². The molecule has 0 radical (unpaired) electrons. The third kappa shape index (κ3) is 3.86. The van der Waals surface area contributed by atoms with Crippen molar-refractivity contribution in [3.05, 3.63) is 75.7 Å². The highest BCUT2D eigenvalue weighted by molar-refractivity contribution is 7.09. The number of methoxy groups -OCH3 is 1. The van der Waals surface area contributed by atoms with Crippen LogP contribution in [0, 0.1) is 6.92 Å². The Bertz CT molecular complexity index is 1150. The molecule has 1 N–H and O–H groups in total. The van der Waals surface area contributed by atoms with Crippen LogP contribution in [0.1, 0.15) is 39.5 Å². The van der Waals surface area contributed by atoms with E-state index in [-0.39, 0.29) is 11.9 Å². The van der Waals surface area contributed by atoms with Crippen LogP contribution in [-0.4, -0.2) is 27.8 Å². The molecule has 0 aliphatic carbocycles. The number of pyridine rings is 1. The molecule has 3 aromatic heterocycles. The normalized spacial score (nSPS) is 12.1. The number of fused-ring (bicyclic) bond motifs is 1. The number of ether oxygens (including phenoxy) is 1. The second-order valence-corrected chi connectivity index (χ2v) is 7.90. The average Bonchev–Trinajstić information content (AvgIpc) is 3.38. The van der Waals surface area contributed by atoms with E-state index < -0.39 is 0 Å². The number of hydrogen-bond donors (Lipinski definition) is 1. The summed E-state index contributed by atoms with van der Waals surface area (Å²) in [6.45, 7) is 4.47. The summed E-state index contributed by atoms with van der Waals surface area (Å²) in [6.07, 6.45) is 1.72. The molecule has 0 bridgehead atoms. The number of amides is 1. The maximum atomic E-state index is 13.1. The highest BCUT2D eigenvalue weighted by Crippen LogP contribution is 2.26. The summed E-state index contributed by atoms with van der Waals surface area (Å²) in [5, 5.41) is 10.3. The topological polar surface area (TPSA) is 69.0 Å². The third-order valence-electron chi connectivity index (χ3n) is 4.82. The van der Waals surface area contributed by atoms with Gasteiger partial charge in [0.25, 0.3) is 5.91 Å². The molecule has 4 aromatic rings. The molecule has 148 valence electrons. The number of benzene rings is 1. The molecule has 0 fully saturated rings. The maximum absolute atomic E-state index is 13.1. The van der Waals surface area contributed by atoms with Gasteiger partial charge in [-0.3, -0.25) is 4.79 Å². The van der Waals surface area contributed by atoms with Crippen molar-refractivity contribution in [1.29, 1.82) is 0 Å². The van der Waals surface area contributed by atoms with Gasteiger partial charge in [0.05, 0.1) is 36.8 Å². The average molecular weight is 407 g/mol. The number of nitrogens with one attached hydrogen (secondary N) is 1. The predicted molar refractivity (Wildman–Crippen MR) is 115 cm³/mol. The van der Waals surface area contributed by atoms with Crippen LogP contribution in [-0.2, 0) is 6.54 Å². The smallest absolute Gasteiger partial charge is 0.252 e. The minimum absolute atomic E-state index is 0.158. The lowest BCUT2D eigenvalue weighted by Crippen LogP contribution is -2.27. The van der Waals surface area contributed by atoms with Crippen LogP contribution in [0.15, 0.2) is 54.0 Å². The summed E-state index contributed by atoms with van der Waals surface area (Å²) in [4.78, 5) is 18.9. The van der Waals surface area contributed by atoms with E-state index in [4.69, 9.17) is 4.74 Å². The Kier molecular flexibility index (Phi) is 5.31. The summed E-state index contributed by atoms with van der Waals surface area (Å²) in [5.41, 5.74) is 3.00. The first-order valence-corrected chi connectivity index (χ1v) is 10.2. The second-order valence-electron chi connectivity index (χ2n) is 6.87. The van der Waals surface area contributed by atoms with E-state index in [9.17, 15) is 4.79 Å². The van der Waals surface area contributed by atoms with Crippen LogP contribution in [0.3, 0.4) is 0 Å². The van der Waals surface area contributed by atoms with E-state index in [1.54, 1.807) is 24.6 Å². The number of aromatic nitrogens is 3. The van der Waals surface area contributed by atoms with Crippen molar-refractivity contribution in [2.24, 2.45) is 0 Å². The summed E-state index contributed by atoms with van der Waals surface area (Å²) in [5.74, 6) is 0.592. The molecular formula is C22H22N4O2S. The van der Waals surface area contributed by atoms with Crippen molar-refractivity contribution in [3.8, 4) is 5.75 Å². The van der Waals surface area contributed by atoms with Crippen LogP contribution in [0.25, 0.3) is 11.0 Å². The van der Waals surface area contributed by atoms with Gasteiger partial charge in [-0.05, 0) is 37.4 Å². The first kappa shape index (κ1) is 19.1. The number of rotatable bonds is 6. The molecule has 1 amide bonds. The van der Waals surface area contributed by atoms with Gasteiger partial charge in [0, 0.05) is 16.1 Å². The number of aryl methyl sites for hydroxylation is 1. The van der Waals surface area contributed by atoms with Crippen LogP contribution in [0.5, 0.6) is 5.75 Å². The lowest BCUT2D eigenvalue weighted by atomic mass is 10.1. The van der Waals surface area contributed by atoms with Gasteiger partial charge >= 0.3 is 0 Å². The van der Waals surface area contributed by atoms with Gasteiger partial charge in [-0.1, -0.05) is 24.3 Å². The molecule has 1 aromatic carbocycles. The standard InChI is InChI=1S/C22H22N4O2S/c1-14-11-18(22(27)25-15(2)17-8-4-5-9-20(17)28-3)19-12-23-26(21(19)24-14)13-16-7-6-10-29-16/h4-12,15H,13H2,1-3H3,(H,25,27)/t15-/m0/s1. The van der Waals surface area contributed by atoms with Gasteiger partial charge in [0.1, 0.15) is 5.75 Å². The molecule has 1 atom stereocenters. The Morgan fingerprint density at radius 2 is 2.10 bits per heavy atom. The minimum atomic E-state index is -0.205. The number of carbonyl (C=O) groups excluding carboxylic acids is 1. The van der Waals surface area contributed by atoms with Crippen LogP contribution >= 0.6 is 11.3 Å². The second kappa shape index (κ2) is 8.05. The van der Waals surface area contributed by atoms with E-state index >= 15 is 0 Å². The lowest BCUT2D eigenvalue weighted by Gasteiger charge is -2.17. The minimum Gasteiger partial charge on any atom is -0.496 e. The number of carbonyl (C=O) groups is 1. The summed E-state index contributed by atoms with van der Waals surface area (Å²) in [7, 11) is 1.63. The molecule has 4 rings (SSSR count). The molecule has 29 heavy (non-hydrogen) atoms. The molecule has 0 aliphatic heterocycles. The fraction of sp³-hybridized carbons (Fsp3) is 0.227. The van der Waals surface area contributed by atoms with Crippen LogP contribution < -0.4 is 10.1 Å². The molecule has 0 spiro atoms. The van der Waals surface area contributed by atoms with E-state index in [0.29, 0.717) is 17.8 Å². The van der Waals surface area contributed by atoms with Crippen LogP contribution in [0.2, 0.25) is 0 Å². The first-order valence-electron chi connectivity index (χ1n) is 9.36. The van der Waals surface area contributed by atoms with Crippen molar-refractivity contribution in [1.82, 2.24) is 20.1 Å². The summed E-state index contributed by atoms with van der Waals surface area (Å²) < 4.78 is 7.26. The maximum Gasteiger partial charge on any atom is 0.252 e. The van der Waals surface area contributed by atoms with Gasteiger partial charge in [-0.2, -0.15) is 5.10 Å². The fourth-order valence-electron chi connectivity index (χ4n) is 3.40. The number of nitrogens with zero attached hydrogens (tertiary/aromatic N) is 3. The largest absolute Gasteiger partial charge is 0.496 e. The third-order valence-corrected chi connectivity index (χ3v) is 5.68. The molecule has 7 heteroatoms. The summed E-state index contributed by atoms with van der Waals surface area (Å²) >= 11 is 1.67. The molecule has 6 nitrogen and oxygen atoms in total. The SMILES string of the molecule is COc1ccccc1[C@H](C)NC(=O)c1cc(C)nc2c1cnn2Cc1cccs1. The number of hydrogen-bond acceptors (Lipinski definition) is 5. The van der Waals surface area contributed by atoms with Crippen molar-refractivity contribution in [3.63, 3.8) is 0 Å². The Morgan fingerprint density at radius 1 is 1.28 bits per heavy atom. The van der Waals surface area contributed by atoms with Crippen molar-refractivity contribution < 1.29 is 9.53 Å². The molecule has 0 unspecified atom stereocenters. The van der Waals surface area contributed by atoms with Gasteiger partial charge in [-0.15, -0.1) is 11.3 Å². The lowest BCUT2D eigenvalue weighted by molar-refractivity contribution is 0.0941. The Morgan fingerprint density at radius 3 is 2.86 bits per heavy atom. The van der Waals surface area contributed by atoms with Gasteiger partial charge < -0.3 is 10.1 Å². The van der Waals surface area contributed by atoms with E-state index in [0.717, 1.165) is 22.4 Å². The molecule has 0 saturated carbocycles. The van der Waals surface area contributed by atoms with E-state index in [1.807, 2.05) is 60.3 Å². The monoisotopic (exact) mass is 406 g/mol. The van der Waals surface area contributed by atoms with Crippen molar-refractivity contribution in [2.45, 2.75) is 26.4 Å². The number of thiophene rings is 1. The molecular weight excluding hydrogens is 384 g/mol. The van der Waals surface area contributed by atoms with E-state index in [2.05, 4.69) is 21.5 Å². The van der Waals surface area contributed by atoms with Gasteiger partial charge in [0.2, 0.25) is 0 Å². The Labute approximate surface area is 173 Å². The first-order chi connectivity index (χ1) is 14.1.